The Hall–Kier alpha value is -1.47. The summed E-state index contributed by atoms with van der Waals surface area (Å²) in [5.41, 5.74) is 2.24. The first kappa shape index (κ1) is 11.6. The Morgan fingerprint density at radius 3 is 1.33 bits per heavy atom. The summed E-state index contributed by atoms with van der Waals surface area (Å²) in [6.45, 7) is 0. The Morgan fingerprint density at radius 2 is 1.00 bits per heavy atom. The number of rotatable bonds is 2. The van der Waals surface area contributed by atoms with Crippen LogP contribution >= 0.6 is 11.6 Å². The average Bonchev–Trinajstić information content (AvgIpc) is 2.34. The van der Waals surface area contributed by atoms with E-state index in [-0.39, 0.29) is 0 Å². The van der Waals surface area contributed by atoms with E-state index in [0.717, 1.165) is 11.4 Å². The molecule has 0 atom stereocenters. The predicted molar refractivity (Wildman–Crippen MR) is 67.9 cm³/mol. The van der Waals surface area contributed by atoms with Crippen molar-refractivity contribution in [1.29, 1.82) is 0 Å². The molecule has 2 aromatic carbocycles. The smallest absolute Gasteiger partial charge is 0.0384 e. The third kappa shape index (κ3) is 4.05. The molecule has 78 valence electrons. The number of halogens is 1. The maximum absolute atomic E-state index is 4.64. The van der Waals surface area contributed by atoms with Gasteiger partial charge in [-0.1, -0.05) is 36.4 Å². The minimum Gasteiger partial charge on any atom is -0.356 e. The molecule has 0 heterocycles. The molecular weight excluding hydrogens is 206 g/mol. The highest BCUT2D eigenvalue weighted by Gasteiger charge is 1.89. The molecule has 0 amide bonds. The molecule has 2 heteroatoms. The van der Waals surface area contributed by atoms with Crippen molar-refractivity contribution in [1.82, 2.24) is 0 Å². The zero-order valence-electron chi connectivity index (χ0n) is 8.65. The molecule has 1 N–H and O–H groups in total. The van der Waals surface area contributed by atoms with E-state index >= 15 is 0 Å². The molecule has 2 aromatic rings. The highest BCUT2D eigenvalue weighted by Crippen LogP contribution is 2.14. The Balaban J connectivity index is 0.000000531. The van der Waals surface area contributed by atoms with Gasteiger partial charge in [-0.25, -0.2) is 0 Å². The SMILES string of the molecule is CCl.c1ccc(Nc2ccccc2)cc1. The Labute approximate surface area is 95.7 Å². The van der Waals surface area contributed by atoms with E-state index in [1.807, 2.05) is 60.7 Å². The first-order valence-corrected chi connectivity index (χ1v) is 5.46. The van der Waals surface area contributed by atoms with E-state index < -0.39 is 0 Å². The van der Waals surface area contributed by atoms with Crippen LogP contribution < -0.4 is 5.32 Å². The normalized spacial score (nSPS) is 8.67. The summed E-state index contributed by atoms with van der Waals surface area (Å²) in [6, 6.07) is 20.3. The van der Waals surface area contributed by atoms with Crippen LogP contribution in [-0.2, 0) is 0 Å². The zero-order chi connectivity index (χ0) is 10.9. The summed E-state index contributed by atoms with van der Waals surface area (Å²) >= 11 is 4.64. The fraction of sp³-hybridized carbons (Fsp3) is 0.0769. The maximum atomic E-state index is 4.64. The van der Waals surface area contributed by atoms with Gasteiger partial charge in [0.2, 0.25) is 0 Å². The number of nitrogens with one attached hydrogen (secondary N) is 1. The largest absolute Gasteiger partial charge is 0.356 e. The number of benzene rings is 2. The van der Waals surface area contributed by atoms with Gasteiger partial charge in [-0.3, -0.25) is 0 Å². The third-order valence-corrected chi connectivity index (χ3v) is 1.84. The van der Waals surface area contributed by atoms with E-state index in [4.69, 9.17) is 0 Å². The lowest BCUT2D eigenvalue weighted by atomic mass is 10.3. The van der Waals surface area contributed by atoms with Crippen LogP contribution in [0.4, 0.5) is 11.4 Å². The molecule has 0 radical (unpaired) electrons. The number of hydrogen-bond donors (Lipinski definition) is 1. The molecule has 0 unspecified atom stereocenters. The Kier molecular flexibility index (Phi) is 5.34. The van der Waals surface area contributed by atoms with Gasteiger partial charge >= 0.3 is 0 Å². The van der Waals surface area contributed by atoms with Crippen molar-refractivity contribution in [2.75, 3.05) is 11.7 Å². The van der Waals surface area contributed by atoms with Crippen molar-refractivity contribution < 1.29 is 0 Å². The minimum absolute atomic E-state index is 1.12. The van der Waals surface area contributed by atoms with Crippen LogP contribution in [-0.4, -0.2) is 6.38 Å². The van der Waals surface area contributed by atoms with E-state index in [2.05, 4.69) is 16.9 Å². The van der Waals surface area contributed by atoms with Gasteiger partial charge in [0.05, 0.1) is 0 Å². The Morgan fingerprint density at radius 1 is 0.667 bits per heavy atom. The van der Waals surface area contributed by atoms with E-state index in [1.165, 1.54) is 6.38 Å². The summed E-state index contributed by atoms with van der Waals surface area (Å²) in [5.74, 6) is 0. The first-order chi connectivity index (χ1) is 7.45. The van der Waals surface area contributed by atoms with Gasteiger partial charge in [0.1, 0.15) is 0 Å². The number of hydrogen-bond acceptors (Lipinski definition) is 1. The van der Waals surface area contributed by atoms with Gasteiger partial charge in [-0.05, 0) is 24.3 Å². The summed E-state index contributed by atoms with van der Waals surface area (Å²) in [6.07, 6.45) is 1.47. The van der Waals surface area contributed by atoms with Gasteiger partial charge in [0, 0.05) is 17.8 Å². The lowest BCUT2D eigenvalue weighted by Gasteiger charge is -2.04. The first-order valence-electron chi connectivity index (χ1n) is 4.70. The van der Waals surface area contributed by atoms with Crippen molar-refractivity contribution >= 4 is 23.0 Å². The van der Waals surface area contributed by atoms with Crippen molar-refractivity contribution in [3.8, 4) is 0 Å². The zero-order valence-corrected chi connectivity index (χ0v) is 9.41. The summed E-state index contributed by atoms with van der Waals surface area (Å²) in [5, 5.41) is 3.30. The molecule has 0 bridgehead atoms. The number of para-hydroxylation sites is 2. The molecule has 0 saturated heterocycles. The second-order valence-corrected chi connectivity index (χ2v) is 2.86. The third-order valence-electron chi connectivity index (χ3n) is 1.84. The summed E-state index contributed by atoms with van der Waals surface area (Å²) in [4.78, 5) is 0. The standard InChI is InChI=1S/C12H11N.CH3Cl/c1-3-7-11(8-4-1)13-12-9-5-2-6-10-12;1-2/h1-10,13H;1H3. The highest BCUT2D eigenvalue weighted by molar-refractivity contribution is 6.15. The maximum Gasteiger partial charge on any atom is 0.0384 e. The second kappa shape index (κ2) is 6.91. The van der Waals surface area contributed by atoms with Crippen LogP contribution in [0.25, 0.3) is 0 Å². The van der Waals surface area contributed by atoms with E-state index in [1.54, 1.807) is 0 Å². The molecule has 0 spiro atoms. The molecule has 15 heavy (non-hydrogen) atoms. The monoisotopic (exact) mass is 219 g/mol. The molecule has 0 aliphatic heterocycles. The molecular formula is C13H14ClN. The van der Waals surface area contributed by atoms with Crippen LogP contribution in [0.1, 0.15) is 0 Å². The van der Waals surface area contributed by atoms with Crippen LogP contribution in [0.3, 0.4) is 0 Å². The lowest BCUT2D eigenvalue weighted by molar-refractivity contribution is 1.55. The fourth-order valence-electron chi connectivity index (χ4n) is 1.21. The van der Waals surface area contributed by atoms with Crippen molar-refractivity contribution in [3.63, 3.8) is 0 Å². The van der Waals surface area contributed by atoms with Gasteiger partial charge in [0.15, 0.2) is 0 Å². The predicted octanol–water partition coefficient (Wildman–Crippen LogP) is 4.29. The van der Waals surface area contributed by atoms with Gasteiger partial charge in [-0.2, -0.15) is 0 Å². The molecule has 0 aromatic heterocycles. The quantitative estimate of drug-likeness (QED) is 0.744. The minimum atomic E-state index is 1.12. The van der Waals surface area contributed by atoms with Gasteiger partial charge < -0.3 is 5.32 Å². The lowest BCUT2D eigenvalue weighted by Crippen LogP contribution is -1.87. The molecule has 0 aliphatic rings. The topological polar surface area (TPSA) is 12.0 Å². The second-order valence-electron chi connectivity index (χ2n) is 2.86. The molecule has 0 saturated carbocycles. The van der Waals surface area contributed by atoms with Crippen molar-refractivity contribution in [3.05, 3.63) is 60.7 Å². The van der Waals surface area contributed by atoms with Gasteiger partial charge in [-0.15, -0.1) is 11.6 Å². The van der Waals surface area contributed by atoms with E-state index in [0.29, 0.717) is 0 Å². The van der Waals surface area contributed by atoms with E-state index in [9.17, 15) is 0 Å². The number of alkyl halides is 1. The van der Waals surface area contributed by atoms with Crippen LogP contribution in [0.15, 0.2) is 60.7 Å². The molecule has 0 aliphatic carbocycles. The summed E-state index contributed by atoms with van der Waals surface area (Å²) < 4.78 is 0. The fourth-order valence-corrected chi connectivity index (χ4v) is 1.21. The van der Waals surface area contributed by atoms with Crippen LogP contribution in [0.5, 0.6) is 0 Å². The van der Waals surface area contributed by atoms with Crippen LogP contribution in [0.2, 0.25) is 0 Å². The summed E-state index contributed by atoms with van der Waals surface area (Å²) in [7, 11) is 0. The van der Waals surface area contributed by atoms with Gasteiger partial charge in [0.25, 0.3) is 0 Å². The van der Waals surface area contributed by atoms with Crippen molar-refractivity contribution in [2.24, 2.45) is 0 Å². The van der Waals surface area contributed by atoms with Crippen molar-refractivity contribution in [2.45, 2.75) is 0 Å². The Bertz CT molecular complexity index is 321. The van der Waals surface area contributed by atoms with Crippen LogP contribution in [0, 0.1) is 0 Å². The molecule has 0 fully saturated rings. The number of anilines is 2. The molecule has 2 rings (SSSR count). The molecule has 1 nitrogen and oxygen atoms in total. The average molecular weight is 220 g/mol. The highest BCUT2D eigenvalue weighted by atomic mass is 35.5.